The first kappa shape index (κ1) is 18.4. The van der Waals surface area contributed by atoms with E-state index in [0.29, 0.717) is 22.8 Å². The van der Waals surface area contributed by atoms with Crippen LogP contribution in [-0.4, -0.2) is 32.4 Å². The van der Waals surface area contributed by atoms with Crippen LogP contribution >= 0.6 is 0 Å². The molecule has 0 radical (unpaired) electrons. The third kappa shape index (κ3) is 3.93. The molecular formula is C18H20O7. The summed E-state index contributed by atoms with van der Waals surface area (Å²) < 4.78 is 20.8. The van der Waals surface area contributed by atoms with E-state index in [2.05, 4.69) is 0 Å². The molecule has 0 aliphatic rings. The van der Waals surface area contributed by atoms with E-state index in [0.717, 1.165) is 0 Å². The van der Waals surface area contributed by atoms with Crippen LogP contribution in [0.25, 0.3) is 0 Å². The molecule has 0 unspecified atom stereocenters. The first-order valence-corrected chi connectivity index (χ1v) is 7.53. The second-order valence-corrected chi connectivity index (χ2v) is 5.38. The zero-order valence-corrected chi connectivity index (χ0v) is 14.5. The molecule has 7 nitrogen and oxygen atoms in total. The first-order chi connectivity index (χ1) is 11.9. The largest absolute Gasteiger partial charge is 0.502 e. The van der Waals surface area contributed by atoms with Crippen LogP contribution in [0, 0.1) is 6.92 Å². The van der Waals surface area contributed by atoms with Crippen molar-refractivity contribution in [3.8, 4) is 17.2 Å². The van der Waals surface area contributed by atoms with E-state index in [1.807, 2.05) is 0 Å². The minimum Gasteiger partial charge on any atom is -0.502 e. The molecule has 1 atom stereocenters. The van der Waals surface area contributed by atoms with Crippen LogP contribution in [0.2, 0.25) is 0 Å². The maximum Gasteiger partial charge on any atom is 0.306 e. The second kappa shape index (κ2) is 7.74. The van der Waals surface area contributed by atoms with Gasteiger partial charge in [-0.15, -0.1) is 0 Å². The molecule has 2 aromatic rings. The van der Waals surface area contributed by atoms with Crippen LogP contribution < -0.4 is 14.9 Å². The quantitative estimate of drug-likeness (QED) is 0.801. The van der Waals surface area contributed by atoms with Gasteiger partial charge in [-0.3, -0.25) is 9.59 Å². The van der Waals surface area contributed by atoms with Crippen molar-refractivity contribution in [3.63, 3.8) is 0 Å². The Morgan fingerprint density at radius 2 is 1.84 bits per heavy atom. The van der Waals surface area contributed by atoms with Gasteiger partial charge in [-0.25, -0.2) is 0 Å². The number of benzene rings is 1. The molecule has 0 aliphatic heterocycles. The standard InChI is InChI=1S/C18H20O7/c1-10-7-13(19)17(21)18(25-10)12(9-16(20)24-4)11-5-6-14(22-2)15(8-11)23-3/h5-8,12,21H,9H2,1-4H3/t12-/m0/s1. The molecule has 0 spiro atoms. The Labute approximate surface area is 144 Å². The number of ether oxygens (including phenoxy) is 3. The Morgan fingerprint density at radius 1 is 1.16 bits per heavy atom. The molecule has 0 saturated carbocycles. The van der Waals surface area contributed by atoms with Crippen molar-refractivity contribution in [1.82, 2.24) is 0 Å². The fourth-order valence-electron chi connectivity index (χ4n) is 2.54. The predicted octanol–water partition coefficient (Wildman–Crippen LogP) is 2.37. The lowest BCUT2D eigenvalue weighted by Gasteiger charge is -2.18. The highest BCUT2D eigenvalue weighted by atomic mass is 16.5. The Kier molecular flexibility index (Phi) is 5.69. The summed E-state index contributed by atoms with van der Waals surface area (Å²) in [7, 11) is 4.26. The molecule has 0 aliphatic carbocycles. The third-order valence-electron chi connectivity index (χ3n) is 3.80. The highest BCUT2D eigenvalue weighted by Crippen LogP contribution is 2.37. The summed E-state index contributed by atoms with van der Waals surface area (Å²) in [4.78, 5) is 23.8. The van der Waals surface area contributed by atoms with E-state index in [1.54, 1.807) is 25.1 Å². The molecule has 1 N–H and O–H groups in total. The molecule has 0 saturated heterocycles. The normalized spacial score (nSPS) is 11.7. The second-order valence-electron chi connectivity index (χ2n) is 5.38. The molecule has 134 valence electrons. The number of hydrogen-bond acceptors (Lipinski definition) is 7. The molecule has 2 rings (SSSR count). The van der Waals surface area contributed by atoms with E-state index >= 15 is 0 Å². The van der Waals surface area contributed by atoms with E-state index in [-0.39, 0.29) is 12.2 Å². The summed E-state index contributed by atoms with van der Waals surface area (Å²) in [5, 5.41) is 10.2. The third-order valence-corrected chi connectivity index (χ3v) is 3.80. The lowest BCUT2D eigenvalue weighted by atomic mass is 9.92. The van der Waals surface area contributed by atoms with Crippen molar-refractivity contribution in [2.24, 2.45) is 0 Å². The van der Waals surface area contributed by atoms with Gasteiger partial charge in [0, 0.05) is 6.07 Å². The van der Waals surface area contributed by atoms with Crippen LogP contribution in [0.3, 0.4) is 0 Å². The highest BCUT2D eigenvalue weighted by Gasteiger charge is 2.27. The van der Waals surface area contributed by atoms with E-state index in [1.165, 1.54) is 27.4 Å². The monoisotopic (exact) mass is 348 g/mol. The van der Waals surface area contributed by atoms with Crippen molar-refractivity contribution in [2.45, 2.75) is 19.3 Å². The number of hydrogen-bond donors (Lipinski definition) is 1. The number of aryl methyl sites for hydroxylation is 1. The summed E-state index contributed by atoms with van der Waals surface area (Å²) in [6, 6.07) is 6.22. The lowest BCUT2D eigenvalue weighted by molar-refractivity contribution is -0.140. The summed E-state index contributed by atoms with van der Waals surface area (Å²) >= 11 is 0. The smallest absolute Gasteiger partial charge is 0.306 e. The number of methoxy groups -OCH3 is 3. The van der Waals surface area contributed by atoms with Gasteiger partial charge in [-0.05, 0) is 24.6 Å². The average Bonchev–Trinajstić information content (AvgIpc) is 2.62. The maximum absolute atomic E-state index is 11.9. The SMILES string of the molecule is COC(=O)C[C@@H](c1ccc(OC)c(OC)c1)c1oc(C)cc(=O)c1O. The van der Waals surface area contributed by atoms with E-state index in [9.17, 15) is 14.7 Å². The van der Waals surface area contributed by atoms with Gasteiger partial charge < -0.3 is 23.7 Å². The van der Waals surface area contributed by atoms with Gasteiger partial charge in [0.05, 0.1) is 33.7 Å². The van der Waals surface area contributed by atoms with Crippen molar-refractivity contribution in [2.75, 3.05) is 21.3 Å². The summed E-state index contributed by atoms with van der Waals surface area (Å²) in [6.45, 7) is 1.59. The molecule has 0 amide bonds. The van der Waals surface area contributed by atoms with E-state index < -0.39 is 23.1 Å². The topological polar surface area (TPSA) is 95.2 Å². The van der Waals surface area contributed by atoms with Gasteiger partial charge in [0.2, 0.25) is 11.2 Å². The Bertz CT molecular complexity index is 823. The minimum absolute atomic E-state index is 0.00243. The van der Waals surface area contributed by atoms with Gasteiger partial charge in [-0.1, -0.05) is 6.07 Å². The predicted molar refractivity (Wildman–Crippen MR) is 89.4 cm³/mol. The van der Waals surface area contributed by atoms with Crippen LogP contribution in [0.1, 0.15) is 29.4 Å². The molecule has 1 aromatic heterocycles. The fraction of sp³-hybridized carbons (Fsp3) is 0.333. The molecule has 1 aromatic carbocycles. The molecule has 0 bridgehead atoms. The van der Waals surface area contributed by atoms with Gasteiger partial charge in [0.15, 0.2) is 17.3 Å². The summed E-state index contributed by atoms with van der Waals surface area (Å²) in [6.07, 6.45) is -0.119. The summed E-state index contributed by atoms with van der Waals surface area (Å²) in [5.74, 6) is -0.476. The molecule has 0 fully saturated rings. The summed E-state index contributed by atoms with van der Waals surface area (Å²) in [5.41, 5.74) is 0.0289. The van der Waals surface area contributed by atoms with Crippen LogP contribution in [-0.2, 0) is 9.53 Å². The Balaban J connectivity index is 2.62. The van der Waals surface area contributed by atoms with Crippen molar-refractivity contribution < 1.29 is 28.5 Å². The fourth-order valence-corrected chi connectivity index (χ4v) is 2.54. The molecule has 25 heavy (non-hydrogen) atoms. The van der Waals surface area contributed by atoms with Crippen LogP contribution in [0.15, 0.2) is 33.5 Å². The molecule has 1 heterocycles. The maximum atomic E-state index is 11.9. The lowest BCUT2D eigenvalue weighted by Crippen LogP contribution is -2.13. The minimum atomic E-state index is -0.722. The zero-order chi connectivity index (χ0) is 18.6. The van der Waals surface area contributed by atoms with Crippen molar-refractivity contribution in [1.29, 1.82) is 0 Å². The van der Waals surface area contributed by atoms with Gasteiger partial charge in [0.1, 0.15) is 5.76 Å². The van der Waals surface area contributed by atoms with Gasteiger partial charge in [0.25, 0.3) is 0 Å². The Hall–Kier alpha value is -2.96. The molecule has 7 heteroatoms. The molecular weight excluding hydrogens is 328 g/mol. The van der Waals surface area contributed by atoms with Gasteiger partial charge >= 0.3 is 5.97 Å². The number of aromatic hydroxyl groups is 1. The number of carbonyl (C=O) groups excluding carboxylic acids is 1. The van der Waals surface area contributed by atoms with Crippen molar-refractivity contribution in [3.05, 3.63) is 51.6 Å². The van der Waals surface area contributed by atoms with Crippen LogP contribution in [0.5, 0.6) is 17.2 Å². The number of carbonyl (C=O) groups is 1. The number of rotatable bonds is 6. The highest BCUT2D eigenvalue weighted by molar-refractivity contribution is 5.71. The Morgan fingerprint density at radius 3 is 2.44 bits per heavy atom. The van der Waals surface area contributed by atoms with Crippen molar-refractivity contribution >= 4 is 5.97 Å². The van der Waals surface area contributed by atoms with Gasteiger partial charge in [-0.2, -0.15) is 0 Å². The first-order valence-electron chi connectivity index (χ1n) is 7.53. The van der Waals surface area contributed by atoms with E-state index in [4.69, 9.17) is 18.6 Å². The number of esters is 1. The van der Waals surface area contributed by atoms with Crippen LogP contribution in [0.4, 0.5) is 0 Å². The zero-order valence-electron chi connectivity index (χ0n) is 14.5. The average molecular weight is 348 g/mol.